The van der Waals surface area contributed by atoms with Crippen molar-refractivity contribution in [3.63, 3.8) is 0 Å². The van der Waals surface area contributed by atoms with E-state index >= 15 is 0 Å². The van der Waals surface area contributed by atoms with E-state index in [0.29, 0.717) is 0 Å². The Kier molecular flexibility index (Phi) is 5.12. The molecule has 1 fully saturated rings. The molecule has 7 heteroatoms. The summed E-state index contributed by atoms with van der Waals surface area (Å²) in [5, 5.41) is 0. The molecular weight excluding hydrogens is 354 g/mol. The van der Waals surface area contributed by atoms with Gasteiger partial charge in [0.2, 0.25) is 5.91 Å². The Morgan fingerprint density at radius 1 is 1.15 bits per heavy atom. The first-order valence-electron chi connectivity index (χ1n) is 8.22. The van der Waals surface area contributed by atoms with Gasteiger partial charge in [-0.15, -0.1) is 6.58 Å². The van der Waals surface area contributed by atoms with Crippen LogP contribution in [0.2, 0.25) is 0 Å². The Hall–Kier alpha value is -3.35. The highest BCUT2D eigenvalue weighted by Crippen LogP contribution is 2.27. The summed E-state index contributed by atoms with van der Waals surface area (Å²) in [7, 11) is 0. The van der Waals surface area contributed by atoms with Gasteiger partial charge in [0.1, 0.15) is 17.7 Å². The maximum Gasteiger partial charge on any atom is 0.257 e. The molecule has 1 atom stereocenters. The maximum absolute atomic E-state index is 14.0. The number of hydrogen-bond acceptors (Lipinski definition) is 3. The molecule has 5 nitrogen and oxygen atoms in total. The number of nitrogens with zero attached hydrogens (tertiary/aromatic N) is 2. The van der Waals surface area contributed by atoms with Crippen molar-refractivity contribution in [3.8, 4) is 0 Å². The van der Waals surface area contributed by atoms with Crippen molar-refractivity contribution in [1.82, 2.24) is 4.90 Å². The fourth-order valence-electron chi connectivity index (χ4n) is 3.00. The summed E-state index contributed by atoms with van der Waals surface area (Å²) >= 11 is 0. The van der Waals surface area contributed by atoms with Crippen molar-refractivity contribution in [2.24, 2.45) is 0 Å². The van der Waals surface area contributed by atoms with E-state index in [2.05, 4.69) is 6.58 Å². The van der Waals surface area contributed by atoms with Crippen LogP contribution in [0, 0.1) is 11.6 Å². The molecule has 1 aliphatic heterocycles. The molecular formula is C20H16F2N2O3. The summed E-state index contributed by atoms with van der Waals surface area (Å²) in [4.78, 5) is 40.0. The minimum Gasteiger partial charge on any atom is -0.322 e. The summed E-state index contributed by atoms with van der Waals surface area (Å²) in [6, 6.07) is 9.21. The van der Waals surface area contributed by atoms with E-state index in [1.54, 1.807) is 0 Å². The molecule has 0 N–H and O–H groups in total. The van der Waals surface area contributed by atoms with Crippen molar-refractivity contribution >= 4 is 23.4 Å². The first-order chi connectivity index (χ1) is 12.9. The minimum atomic E-state index is -1.09. The van der Waals surface area contributed by atoms with Crippen molar-refractivity contribution in [1.29, 1.82) is 0 Å². The summed E-state index contributed by atoms with van der Waals surface area (Å²) in [5.74, 6) is -3.08. The number of imide groups is 1. The average molecular weight is 370 g/mol. The van der Waals surface area contributed by atoms with Gasteiger partial charge < -0.3 is 4.90 Å². The first kappa shape index (κ1) is 18.4. The second-order valence-electron chi connectivity index (χ2n) is 5.99. The number of halogens is 2. The summed E-state index contributed by atoms with van der Waals surface area (Å²) in [6.45, 7) is 3.53. The molecule has 0 saturated carbocycles. The van der Waals surface area contributed by atoms with E-state index < -0.39 is 35.4 Å². The third kappa shape index (κ3) is 3.48. The molecule has 2 aromatic rings. The standard InChI is InChI=1S/C20H16F2N2O3/c1-2-11-23(19(26)15-5-3-4-6-16(15)22)17-12-18(25)24(20(17)27)14-9-7-13(21)8-10-14/h2-10,17H,1,11-12H2. The summed E-state index contributed by atoms with van der Waals surface area (Å²) in [6.07, 6.45) is 1.15. The SMILES string of the molecule is C=CCN(C(=O)c1ccccc1F)C1CC(=O)N(c2ccc(F)cc2)C1=O. The van der Waals surface area contributed by atoms with Gasteiger partial charge in [0.25, 0.3) is 11.8 Å². The molecule has 0 radical (unpaired) electrons. The second kappa shape index (κ2) is 7.49. The molecule has 27 heavy (non-hydrogen) atoms. The molecule has 1 aliphatic rings. The molecule has 3 rings (SSSR count). The third-order valence-corrected chi connectivity index (χ3v) is 4.27. The van der Waals surface area contributed by atoms with Gasteiger partial charge in [-0.1, -0.05) is 18.2 Å². The number of carbonyl (C=O) groups is 3. The number of carbonyl (C=O) groups excluding carboxylic acids is 3. The largest absolute Gasteiger partial charge is 0.322 e. The van der Waals surface area contributed by atoms with Crippen LogP contribution in [-0.4, -0.2) is 35.2 Å². The Morgan fingerprint density at radius 2 is 1.81 bits per heavy atom. The molecule has 0 aromatic heterocycles. The van der Waals surface area contributed by atoms with Crippen LogP contribution >= 0.6 is 0 Å². The smallest absolute Gasteiger partial charge is 0.257 e. The van der Waals surface area contributed by atoms with Crippen molar-refractivity contribution in [2.75, 3.05) is 11.4 Å². The zero-order valence-electron chi connectivity index (χ0n) is 14.3. The molecule has 138 valence electrons. The summed E-state index contributed by atoms with van der Waals surface area (Å²) in [5.41, 5.74) is 0.0191. The molecule has 0 bridgehead atoms. The molecule has 2 aromatic carbocycles. The fourth-order valence-corrected chi connectivity index (χ4v) is 3.00. The van der Waals surface area contributed by atoms with Gasteiger partial charge in [-0.25, -0.2) is 13.7 Å². The van der Waals surface area contributed by atoms with Gasteiger partial charge in [-0.05, 0) is 36.4 Å². The molecule has 1 unspecified atom stereocenters. The van der Waals surface area contributed by atoms with E-state index in [-0.39, 0.29) is 24.2 Å². The van der Waals surface area contributed by atoms with Gasteiger partial charge >= 0.3 is 0 Å². The highest BCUT2D eigenvalue weighted by atomic mass is 19.1. The van der Waals surface area contributed by atoms with Crippen molar-refractivity contribution < 1.29 is 23.2 Å². The molecule has 3 amide bonds. The molecule has 0 aliphatic carbocycles. The number of anilines is 1. The summed E-state index contributed by atoms with van der Waals surface area (Å²) < 4.78 is 27.1. The second-order valence-corrected chi connectivity index (χ2v) is 5.99. The zero-order chi connectivity index (χ0) is 19.6. The van der Waals surface area contributed by atoms with Crippen LogP contribution in [0.1, 0.15) is 16.8 Å². The predicted molar refractivity (Wildman–Crippen MR) is 94.9 cm³/mol. The zero-order valence-corrected chi connectivity index (χ0v) is 14.3. The topological polar surface area (TPSA) is 57.7 Å². The molecule has 1 saturated heterocycles. The Labute approximate surface area is 154 Å². The minimum absolute atomic E-state index is 0.0336. The quantitative estimate of drug-likeness (QED) is 0.601. The van der Waals surface area contributed by atoms with Gasteiger partial charge in [-0.2, -0.15) is 0 Å². The van der Waals surface area contributed by atoms with Gasteiger partial charge in [0, 0.05) is 6.54 Å². The van der Waals surface area contributed by atoms with Gasteiger partial charge in [0.05, 0.1) is 17.7 Å². The maximum atomic E-state index is 14.0. The lowest BCUT2D eigenvalue weighted by atomic mass is 10.1. The van der Waals surface area contributed by atoms with Crippen LogP contribution in [0.5, 0.6) is 0 Å². The Morgan fingerprint density at radius 3 is 2.44 bits per heavy atom. The lowest BCUT2D eigenvalue weighted by Crippen LogP contribution is -2.45. The first-order valence-corrected chi connectivity index (χ1v) is 8.22. The number of amides is 3. The monoisotopic (exact) mass is 370 g/mol. The number of benzene rings is 2. The molecule has 0 spiro atoms. The normalized spacial score (nSPS) is 16.5. The number of hydrogen-bond donors (Lipinski definition) is 0. The van der Waals surface area contributed by atoms with Crippen LogP contribution in [0.4, 0.5) is 14.5 Å². The van der Waals surface area contributed by atoms with Crippen molar-refractivity contribution in [3.05, 3.63) is 78.4 Å². The third-order valence-electron chi connectivity index (χ3n) is 4.27. The Balaban J connectivity index is 1.92. The van der Waals surface area contributed by atoms with Crippen molar-refractivity contribution in [2.45, 2.75) is 12.5 Å². The van der Waals surface area contributed by atoms with E-state index in [4.69, 9.17) is 0 Å². The van der Waals surface area contributed by atoms with Crippen LogP contribution in [-0.2, 0) is 9.59 Å². The average Bonchev–Trinajstić information content (AvgIpc) is 2.94. The van der Waals surface area contributed by atoms with E-state index in [9.17, 15) is 23.2 Å². The van der Waals surface area contributed by atoms with E-state index in [1.165, 1.54) is 36.4 Å². The van der Waals surface area contributed by atoms with Crippen LogP contribution < -0.4 is 4.90 Å². The van der Waals surface area contributed by atoms with Crippen LogP contribution in [0.3, 0.4) is 0 Å². The highest BCUT2D eigenvalue weighted by molar-refractivity contribution is 6.23. The Bertz CT molecular complexity index is 912. The lowest BCUT2D eigenvalue weighted by molar-refractivity contribution is -0.122. The van der Waals surface area contributed by atoms with Gasteiger partial charge in [-0.3, -0.25) is 14.4 Å². The molecule has 1 heterocycles. The predicted octanol–water partition coefficient (Wildman–Crippen LogP) is 2.93. The fraction of sp³-hybridized carbons (Fsp3) is 0.150. The lowest BCUT2D eigenvalue weighted by Gasteiger charge is -2.26. The van der Waals surface area contributed by atoms with E-state index in [0.717, 1.165) is 28.0 Å². The van der Waals surface area contributed by atoms with Gasteiger partial charge in [0.15, 0.2) is 0 Å². The number of rotatable bonds is 5. The van der Waals surface area contributed by atoms with E-state index in [1.807, 2.05) is 0 Å². The van der Waals surface area contributed by atoms with Crippen LogP contribution in [0.15, 0.2) is 61.2 Å². The van der Waals surface area contributed by atoms with Crippen LogP contribution in [0.25, 0.3) is 0 Å². The highest BCUT2D eigenvalue weighted by Gasteiger charge is 2.44.